The molecule has 164 valence electrons. The van der Waals surface area contributed by atoms with E-state index in [2.05, 4.69) is 20.7 Å². The number of nitrogens with zero attached hydrogens (tertiary/aromatic N) is 5. The van der Waals surface area contributed by atoms with Gasteiger partial charge in [-0.15, -0.1) is 0 Å². The number of anilines is 1. The van der Waals surface area contributed by atoms with Crippen molar-refractivity contribution >= 4 is 22.5 Å². The summed E-state index contributed by atoms with van der Waals surface area (Å²) in [4.78, 5) is 12.8. The average molecular weight is 440 g/mol. The van der Waals surface area contributed by atoms with Crippen LogP contribution in [0.2, 0.25) is 0 Å². The first-order valence-electron chi connectivity index (χ1n) is 10.6. The lowest BCUT2D eigenvalue weighted by Crippen LogP contribution is -2.31. The fourth-order valence-corrected chi connectivity index (χ4v) is 3.93. The van der Waals surface area contributed by atoms with E-state index in [1.54, 1.807) is 23.1 Å². The monoisotopic (exact) mass is 440 g/mol. The Balaban J connectivity index is 1.22. The van der Waals surface area contributed by atoms with Crippen molar-refractivity contribution in [2.24, 2.45) is 0 Å². The Morgan fingerprint density at radius 3 is 2.76 bits per heavy atom. The van der Waals surface area contributed by atoms with E-state index in [4.69, 9.17) is 9.26 Å². The predicted octanol–water partition coefficient (Wildman–Crippen LogP) is 3.76. The molecule has 5 aromatic rings. The van der Waals surface area contributed by atoms with Gasteiger partial charge in [-0.05, 0) is 11.6 Å². The number of hydrogen-bond acceptors (Lipinski definition) is 6. The van der Waals surface area contributed by atoms with Gasteiger partial charge in [-0.3, -0.25) is 14.2 Å². The number of carbonyl (C=O) groups is 1. The van der Waals surface area contributed by atoms with E-state index in [0.29, 0.717) is 31.2 Å². The molecule has 4 heterocycles. The fraction of sp³-hybridized carbons (Fsp3) is 0.167. The number of aromatic nitrogens is 5. The molecule has 9 nitrogen and oxygen atoms in total. The molecule has 0 saturated carbocycles. The molecule has 2 aromatic carbocycles. The first-order valence-corrected chi connectivity index (χ1v) is 10.6. The van der Waals surface area contributed by atoms with Crippen LogP contribution in [0.5, 0.6) is 0 Å². The summed E-state index contributed by atoms with van der Waals surface area (Å²) < 4.78 is 14.6. The van der Waals surface area contributed by atoms with Gasteiger partial charge in [0.25, 0.3) is 5.91 Å². The zero-order valence-electron chi connectivity index (χ0n) is 17.6. The molecule has 1 N–H and O–H groups in total. The number of ether oxygens (including phenoxy) is 1. The summed E-state index contributed by atoms with van der Waals surface area (Å²) in [6.45, 7) is 1.88. The summed E-state index contributed by atoms with van der Waals surface area (Å²) in [5, 5.41) is 16.7. The third-order valence-electron chi connectivity index (χ3n) is 5.67. The molecule has 1 fully saturated rings. The highest BCUT2D eigenvalue weighted by Crippen LogP contribution is 2.32. The summed E-state index contributed by atoms with van der Waals surface area (Å²) in [7, 11) is 0. The topological polar surface area (TPSA) is 100 Å². The van der Waals surface area contributed by atoms with E-state index in [-0.39, 0.29) is 17.6 Å². The van der Waals surface area contributed by atoms with Crippen LogP contribution in [-0.4, -0.2) is 43.8 Å². The van der Waals surface area contributed by atoms with E-state index < -0.39 is 0 Å². The molecule has 6 rings (SSSR count). The molecule has 3 aromatic heterocycles. The number of benzene rings is 2. The quantitative estimate of drug-likeness (QED) is 0.432. The molecule has 0 atom stereocenters. The highest BCUT2D eigenvalue weighted by Gasteiger charge is 2.25. The van der Waals surface area contributed by atoms with Gasteiger partial charge >= 0.3 is 0 Å². The summed E-state index contributed by atoms with van der Waals surface area (Å²) in [5.74, 6) is 0.143. The minimum absolute atomic E-state index is 0.191. The molecular weight excluding hydrogens is 420 g/mol. The van der Waals surface area contributed by atoms with Gasteiger partial charge < -0.3 is 14.6 Å². The van der Waals surface area contributed by atoms with E-state index in [1.165, 1.54) is 0 Å². The smallest absolute Gasteiger partial charge is 0.277 e. The first-order chi connectivity index (χ1) is 16.2. The van der Waals surface area contributed by atoms with Gasteiger partial charge in [-0.1, -0.05) is 47.6 Å². The lowest BCUT2D eigenvalue weighted by atomic mass is 10.1. The molecule has 33 heavy (non-hydrogen) atoms. The van der Waals surface area contributed by atoms with Gasteiger partial charge in [-0.2, -0.15) is 10.2 Å². The van der Waals surface area contributed by atoms with Crippen molar-refractivity contribution in [2.45, 2.75) is 12.6 Å². The number of fused-ring (bicyclic) bond motifs is 1. The molecule has 9 heteroatoms. The zero-order valence-corrected chi connectivity index (χ0v) is 17.6. The van der Waals surface area contributed by atoms with E-state index >= 15 is 0 Å². The number of para-hydroxylation sites is 1. The van der Waals surface area contributed by atoms with E-state index in [9.17, 15) is 4.79 Å². The third-order valence-corrected chi connectivity index (χ3v) is 5.67. The fourth-order valence-electron chi connectivity index (χ4n) is 3.93. The number of rotatable bonds is 6. The maximum atomic E-state index is 12.8. The van der Waals surface area contributed by atoms with Crippen LogP contribution >= 0.6 is 0 Å². The van der Waals surface area contributed by atoms with Crippen LogP contribution in [-0.2, 0) is 11.3 Å². The van der Waals surface area contributed by atoms with Crippen LogP contribution < -0.4 is 5.32 Å². The standard InChI is InChI=1S/C24H20N6O3/c31-24(27-18-11-25-29(13-18)12-16-5-2-1-3-6-16)21-9-22(33-28-21)20-8-4-7-17-10-26-30(23(17)20)19-14-32-15-19/h1-11,13,19H,12,14-15H2,(H,27,31). The van der Waals surface area contributed by atoms with Crippen molar-refractivity contribution in [3.05, 3.63) is 84.4 Å². The summed E-state index contributed by atoms with van der Waals surface area (Å²) in [6, 6.07) is 17.7. The average Bonchev–Trinajstić information content (AvgIpc) is 3.54. The van der Waals surface area contributed by atoms with Crippen LogP contribution in [0, 0.1) is 0 Å². The van der Waals surface area contributed by atoms with Gasteiger partial charge in [0.1, 0.15) is 0 Å². The zero-order chi connectivity index (χ0) is 22.2. The first kappa shape index (κ1) is 19.4. The largest absolute Gasteiger partial charge is 0.377 e. The summed E-state index contributed by atoms with van der Waals surface area (Å²) in [5.41, 5.74) is 3.68. The molecule has 0 radical (unpaired) electrons. The molecule has 1 aliphatic rings. The molecule has 1 saturated heterocycles. The van der Waals surface area contributed by atoms with Crippen LogP contribution in [0.3, 0.4) is 0 Å². The Morgan fingerprint density at radius 2 is 1.94 bits per heavy atom. The Kier molecular flexibility index (Phi) is 4.73. The Morgan fingerprint density at radius 1 is 1.06 bits per heavy atom. The van der Waals surface area contributed by atoms with Crippen LogP contribution in [0.25, 0.3) is 22.2 Å². The van der Waals surface area contributed by atoms with Crippen molar-refractivity contribution in [3.8, 4) is 11.3 Å². The van der Waals surface area contributed by atoms with Crippen molar-refractivity contribution < 1.29 is 14.1 Å². The summed E-state index contributed by atoms with van der Waals surface area (Å²) >= 11 is 0. The number of carbonyl (C=O) groups excluding carboxylic acids is 1. The molecule has 0 aliphatic carbocycles. The lowest BCUT2D eigenvalue weighted by Gasteiger charge is -2.27. The Hall–Kier alpha value is -4.24. The second-order valence-corrected chi connectivity index (χ2v) is 7.97. The van der Waals surface area contributed by atoms with Crippen LogP contribution in [0.4, 0.5) is 5.69 Å². The van der Waals surface area contributed by atoms with Crippen molar-refractivity contribution in [1.29, 1.82) is 0 Å². The van der Waals surface area contributed by atoms with Crippen molar-refractivity contribution in [2.75, 3.05) is 18.5 Å². The number of hydrogen-bond donors (Lipinski definition) is 1. The van der Waals surface area contributed by atoms with Gasteiger partial charge in [0.05, 0.1) is 49.4 Å². The molecular formula is C24H20N6O3. The van der Waals surface area contributed by atoms with Crippen LogP contribution in [0.15, 0.2) is 77.7 Å². The second-order valence-electron chi connectivity index (χ2n) is 7.97. The third kappa shape index (κ3) is 3.68. The number of amides is 1. The molecule has 1 amide bonds. The lowest BCUT2D eigenvalue weighted by molar-refractivity contribution is -0.0266. The second kappa shape index (κ2) is 8.03. The molecule has 0 bridgehead atoms. The Bertz CT molecular complexity index is 1430. The van der Waals surface area contributed by atoms with Crippen molar-refractivity contribution in [1.82, 2.24) is 24.7 Å². The maximum absolute atomic E-state index is 12.8. The van der Waals surface area contributed by atoms with Gasteiger partial charge in [0.2, 0.25) is 0 Å². The molecule has 0 spiro atoms. The maximum Gasteiger partial charge on any atom is 0.277 e. The van der Waals surface area contributed by atoms with Gasteiger partial charge in [0, 0.05) is 23.2 Å². The molecule has 1 aliphatic heterocycles. The minimum Gasteiger partial charge on any atom is -0.377 e. The van der Waals surface area contributed by atoms with Crippen molar-refractivity contribution in [3.63, 3.8) is 0 Å². The molecule has 0 unspecified atom stereocenters. The normalized spacial score (nSPS) is 13.8. The van der Waals surface area contributed by atoms with Gasteiger partial charge in [0.15, 0.2) is 11.5 Å². The minimum atomic E-state index is -0.364. The SMILES string of the molecule is O=C(Nc1cnn(Cc2ccccc2)c1)c1cc(-c2cccc3cnn(C4COC4)c23)on1. The predicted molar refractivity (Wildman–Crippen MR) is 121 cm³/mol. The highest BCUT2D eigenvalue weighted by molar-refractivity contribution is 6.03. The van der Waals surface area contributed by atoms with E-state index in [0.717, 1.165) is 22.0 Å². The van der Waals surface area contributed by atoms with E-state index in [1.807, 2.05) is 59.4 Å². The Labute approximate surface area is 188 Å². The number of nitrogens with one attached hydrogen (secondary N) is 1. The van der Waals surface area contributed by atoms with Gasteiger partial charge in [-0.25, -0.2) is 0 Å². The van der Waals surface area contributed by atoms with Crippen LogP contribution in [0.1, 0.15) is 22.1 Å². The highest BCUT2D eigenvalue weighted by atomic mass is 16.5. The summed E-state index contributed by atoms with van der Waals surface area (Å²) in [6.07, 6.45) is 5.22.